The molecule has 35 heavy (non-hydrogen) atoms. The van der Waals surface area contributed by atoms with Gasteiger partial charge in [0.05, 0.1) is 0 Å². The molecule has 0 aliphatic rings. The highest BCUT2D eigenvalue weighted by molar-refractivity contribution is 5.81. The van der Waals surface area contributed by atoms with Crippen molar-refractivity contribution >= 4 is 29.5 Å². The molecule has 5 amide bonds. The summed E-state index contributed by atoms with van der Waals surface area (Å²) < 4.78 is 0. The molecule has 5 N–H and O–H groups in total. The van der Waals surface area contributed by atoms with Crippen molar-refractivity contribution in [3.8, 4) is 0 Å². The molecule has 202 valence electrons. The van der Waals surface area contributed by atoms with Crippen LogP contribution in [0.4, 0.5) is 0 Å². The highest BCUT2D eigenvalue weighted by atomic mass is 16.2. The first-order valence-corrected chi connectivity index (χ1v) is 12.9. The minimum absolute atomic E-state index is 0.110. The van der Waals surface area contributed by atoms with Crippen molar-refractivity contribution in [2.75, 3.05) is 26.2 Å². The van der Waals surface area contributed by atoms with Crippen LogP contribution < -0.4 is 26.6 Å². The van der Waals surface area contributed by atoms with Crippen molar-refractivity contribution in [1.82, 2.24) is 26.6 Å². The number of hydrogen-bond donors (Lipinski definition) is 5. The van der Waals surface area contributed by atoms with Crippen molar-refractivity contribution in [2.24, 2.45) is 5.92 Å². The lowest BCUT2D eigenvalue weighted by molar-refractivity contribution is -0.127. The maximum absolute atomic E-state index is 12.9. The molecule has 10 heteroatoms. The van der Waals surface area contributed by atoms with Crippen molar-refractivity contribution in [2.45, 2.75) is 97.9 Å². The third-order valence-corrected chi connectivity index (χ3v) is 5.53. The fraction of sp³-hybridized carbons (Fsp3) is 0.800. The zero-order chi connectivity index (χ0) is 26.7. The quantitative estimate of drug-likeness (QED) is 0.184. The van der Waals surface area contributed by atoms with Crippen LogP contribution in [0.2, 0.25) is 0 Å². The molecule has 0 bridgehead atoms. The average Bonchev–Trinajstić information content (AvgIpc) is 2.79. The summed E-state index contributed by atoms with van der Waals surface area (Å²) in [5.74, 6) is -0.493. The molecule has 0 atom stereocenters. The molecule has 0 radical (unpaired) electrons. The summed E-state index contributed by atoms with van der Waals surface area (Å²) in [7, 11) is 0. The molecule has 0 saturated heterocycles. The molecule has 0 fully saturated rings. The molecular weight excluding hydrogens is 450 g/mol. The van der Waals surface area contributed by atoms with Crippen LogP contribution in [0.15, 0.2) is 0 Å². The minimum atomic E-state index is -0.895. The Labute approximate surface area is 210 Å². The Hall–Kier alpha value is -2.65. The van der Waals surface area contributed by atoms with Gasteiger partial charge in [-0.15, -0.1) is 0 Å². The number of rotatable bonds is 19. The molecule has 0 aromatic heterocycles. The lowest BCUT2D eigenvalue weighted by Gasteiger charge is -2.35. The first-order valence-electron chi connectivity index (χ1n) is 12.9. The van der Waals surface area contributed by atoms with Crippen molar-refractivity contribution in [1.29, 1.82) is 0 Å². The number of carbonyl (C=O) groups excluding carboxylic acids is 5. The van der Waals surface area contributed by atoms with E-state index in [0.717, 1.165) is 0 Å². The van der Waals surface area contributed by atoms with Gasteiger partial charge in [-0.3, -0.25) is 24.0 Å². The van der Waals surface area contributed by atoms with Gasteiger partial charge in [-0.1, -0.05) is 13.8 Å². The van der Waals surface area contributed by atoms with Gasteiger partial charge < -0.3 is 26.6 Å². The fourth-order valence-electron chi connectivity index (χ4n) is 3.65. The van der Waals surface area contributed by atoms with Crippen molar-refractivity contribution in [3.63, 3.8) is 0 Å². The Morgan fingerprint density at radius 1 is 0.571 bits per heavy atom. The summed E-state index contributed by atoms with van der Waals surface area (Å²) in [5.41, 5.74) is -0.895. The Morgan fingerprint density at radius 2 is 0.943 bits per heavy atom. The highest BCUT2D eigenvalue weighted by Crippen LogP contribution is 2.26. The van der Waals surface area contributed by atoms with Gasteiger partial charge in [-0.2, -0.15) is 0 Å². The van der Waals surface area contributed by atoms with E-state index in [1.807, 2.05) is 34.6 Å². The minimum Gasteiger partial charge on any atom is -0.356 e. The predicted molar refractivity (Wildman–Crippen MR) is 136 cm³/mol. The van der Waals surface area contributed by atoms with Crippen LogP contribution in [0.3, 0.4) is 0 Å². The molecule has 0 rings (SSSR count). The molecular formula is C25H47N5O5. The van der Waals surface area contributed by atoms with E-state index < -0.39 is 5.54 Å². The Bertz CT molecular complexity index is 659. The predicted octanol–water partition coefficient (Wildman–Crippen LogP) is 1.53. The Morgan fingerprint density at radius 3 is 1.34 bits per heavy atom. The molecule has 0 aromatic carbocycles. The molecule has 0 unspecified atom stereocenters. The second kappa shape index (κ2) is 18.6. The number of hydrogen-bond acceptors (Lipinski definition) is 5. The zero-order valence-corrected chi connectivity index (χ0v) is 22.3. The third kappa shape index (κ3) is 16.6. The van der Waals surface area contributed by atoms with Gasteiger partial charge in [0.15, 0.2) is 0 Å². The third-order valence-electron chi connectivity index (χ3n) is 5.53. The zero-order valence-electron chi connectivity index (χ0n) is 22.3. The van der Waals surface area contributed by atoms with Crippen molar-refractivity contribution < 1.29 is 24.0 Å². The fourth-order valence-corrected chi connectivity index (χ4v) is 3.65. The van der Waals surface area contributed by atoms with E-state index in [4.69, 9.17) is 0 Å². The van der Waals surface area contributed by atoms with Crippen LogP contribution in [0.25, 0.3) is 0 Å². The summed E-state index contributed by atoms with van der Waals surface area (Å²) in [4.78, 5) is 61.4. The lowest BCUT2D eigenvalue weighted by atomic mass is 9.82. The maximum Gasteiger partial charge on any atom is 0.220 e. The van der Waals surface area contributed by atoms with E-state index in [1.165, 1.54) is 0 Å². The van der Waals surface area contributed by atoms with Crippen LogP contribution in [0.5, 0.6) is 0 Å². The molecule has 0 heterocycles. The number of amides is 5. The first kappa shape index (κ1) is 32.4. The van der Waals surface area contributed by atoms with E-state index in [0.29, 0.717) is 57.8 Å². The highest BCUT2D eigenvalue weighted by Gasteiger charge is 2.33. The monoisotopic (exact) mass is 497 g/mol. The van der Waals surface area contributed by atoms with Crippen LogP contribution >= 0.6 is 0 Å². The largest absolute Gasteiger partial charge is 0.356 e. The molecule has 0 aromatic rings. The average molecular weight is 498 g/mol. The first-order chi connectivity index (χ1) is 16.6. The lowest BCUT2D eigenvalue weighted by Crippen LogP contribution is -2.50. The van der Waals surface area contributed by atoms with Crippen LogP contribution in [0.1, 0.15) is 92.4 Å². The van der Waals surface area contributed by atoms with Crippen LogP contribution in [-0.2, 0) is 24.0 Å². The standard InChI is InChI=1S/C25H47N5O5/c1-6-26-20(31)10-9-11-24(35)30-25(15-12-21(32)27-7-2,16-13-22(33)28-8-3)17-14-23(34)29-18-19(4)5/h19H,6-18H2,1-5H3,(H,26,31)(H,27,32)(H,28,33)(H,29,34)(H,30,35). The maximum atomic E-state index is 12.9. The van der Waals surface area contributed by atoms with Gasteiger partial charge in [0.1, 0.15) is 0 Å². The van der Waals surface area contributed by atoms with E-state index in [2.05, 4.69) is 26.6 Å². The summed E-state index contributed by atoms with van der Waals surface area (Å²) in [6.07, 6.45) is 2.16. The van der Waals surface area contributed by atoms with Crippen LogP contribution in [-0.4, -0.2) is 61.3 Å². The Balaban J connectivity index is 5.50. The second-order valence-corrected chi connectivity index (χ2v) is 9.24. The van der Waals surface area contributed by atoms with Gasteiger partial charge in [0.2, 0.25) is 29.5 Å². The van der Waals surface area contributed by atoms with Crippen LogP contribution in [0, 0.1) is 5.92 Å². The van der Waals surface area contributed by atoms with Gasteiger partial charge in [-0.25, -0.2) is 0 Å². The van der Waals surface area contributed by atoms with E-state index in [-0.39, 0.29) is 61.6 Å². The normalized spacial score (nSPS) is 11.0. The topological polar surface area (TPSA) is 146 Å². The molecule has 0 aliphatic heterocycles. The molecule has 0 aliphatic carbocycles. The second-order valence-electron chi connectivity index (χ2n) is 9.24. The number of nitrogens with one attached hydrogen (secondary N) is 5. The van der Waals surface area contributed by atoms with Gasteiger partial charge in [0, 0.05) is 63.8 Å². The van der Waals surface area contributed by atoms with Crippen molar-refractivity contribution in [3.05, 3.63) is 0 Å². The van der Waals surface area contributed by atoms with E-state index in [1.54, 1.807) is 0 Å². The van der Waals surface area contributed by atoms with E-state index in [9.17, 15) is 24.0 Å². The van der Waals surface area contributed by atoms with E-state index >= 15 is 0 Å². The van der Waals surface area contributed by atoms with Gasteiger partial charge >= 0.3 is 0 Å². The summed E-state index contributed by atoms with van der Waals surface area (Å²) >= 11 is 0. The Kier molecular flexibility index (Phi) is 17.2. The summed E-state index contributed by atoms with van der Waals surface area (Å²) in [6, 6.07) is 0. The number of carbonyl (C=O) groups is 5. The SMILES string of the molecule is CCNC(=O)CCCC(=O)NC(CCC(=O)NCC)(CCC(=O)NCC)CCC(=O)NCC(C)C. The summed E-state index contributed by atoms with van der Waals surface area (Å²) in [6.45, 7) is 11.6. The van der Waals surface area contributed by atoms with Gasteiger partial charge in [-0.05, 0) is 52.4 Å². The summed E-state index contributed by atoms with van der Waals surface area (Å²) in [5, 5.41) is 14.1. The molecule has 0 saturated carbocycles. The smallest absolute Gasteiger partial charge is 0.220 e. The molecule has 10 nitrogen and oxygen atoms in total. The van der Waals surface area contributed by atoms with Gasteiger partial charge in [0.25, 0.3) is 0 Å². The molecule has 0 spiro atoms.